The van der Waals surface area contributed by atoms with Crippen LogP contribution in [0.1, 0.15) is 12.8 Å². The minimum Gasteiger partial charge on any atom is -0.294 e. The third-order valence-corrected chi connectivity index (χ3v) is 1.30. The van der Waals surface area contributed by atoms with Gasteiger partial charge < -0.3 is 0 Å². The lowest BCUT2D eigenvalue weighted by molar-refractivity contribution is 0.679. The van der Waals surface area contributed by atoms with E-state index in [1.807, 2.05) is 6.21 Å². The standard InChI is InChI=1S/C5H8N4/c6-9-8-4-5-2-1-3-7-5/h3,5H,1-2,4H2. The molecule has 1 rings (SSSR count). The monoisotopic (exact) mass is 124 g/mol. The first-order valence-corrected chi connectivity index (χ1v) is 2.96. The molecule has 0 N–H and O–H groups in total. The Labute approximate surface area is 53.2 Å². The van der Waals surface area contributed by atoms with Gasteiger partial charge in [-0.25, -0.2) is 0 Å². The zero-order valence-corrected chi connectivity index (χ0v) is 5.06. The molecule has 0 fully saturated rings. The Morgan fingerprint density at radius 1 is 1.89 bits per heavy atom. The van der Waals surface area contributed by atoms with Gasteiger partial charge in [-0.1, -0.05) is 5.11 Å². The van der Waals surface area contributed by atoms with Gasteiger partial charge in [0.05, 0.1) is 6.04 Å². The van der Waals surface area contributed by atoms with Crippen molar-refractivity contribution in [3.63, 3.8) is 0 Å². The Hall–Kier alpha value is -1.02. The highest BCUT2D eigenvalue weighted by atomic mass is 15.1. The van der Waals surface area contributed by atoms with Crippen molar-refractivity contribution in [3.8, 4) is 0 Å². The smallest absolute Gasteiger partial charge is 0.0555 e. The fourth-order valence-corrected chi connectivity index (χ4v) is 0.834. The summed E-state index contributed by atoms with van der Waals surface area (Å²) < 4.78 is 0. The molecule has 1 atom stereocenters. The van der Waals surface area contributed by atoms with Crippen LogP contribution in [0, 0.1) is 0 Å². The second kappa shape index (κ2) is 3.10. The van der Waals surface area contributed by atoms with E-state index in [1.54, 1.807) is 0 Å². The lowest BCUT2D eigenvalue weighted by Crippen LogP contribution is -2.02. The van der Waals surface area contributed by atoms with E-state index in [2.05, 4.69) is 15.0 Å². The second-order valence-electron chi connectivity index (χ2n) is 1.98. The number of azide groups is 1. The van der Waals surface area contributed by atoms with Crippen LogP contribution >= 0.6 is 0 Å². The van der Waals surface area contributed by atoms with Gasteiger partial charge in [-0.2, -0.15) is 0 Å². The van der Waals surface area contributed by atoms with Gasteiger partial charge in [-0.3, -0.25) is 4.99 Å². The molecule has 0 bridgehead atoms. The maximum absolute atomic E-state index is 7.93. The third kappa shape index (κ3) is 1.74. The quantitative estimate of drug-likeness (QED) is 0.304. The number of hydrogen-bond acceptors (Lipinski definition) is 2. The van der Waals surface area contributed by atoms with E-state index in [-0.39, 0.29) is 6.04 Å². The molecule has 1 heterocycles. The zero-order valence-electron chi connectivity index (χ0n) is 5.06. The molecule has 1 aliphatic rings. The van der Waals surface area contributed by atoms with Crippen molar-refractivity contribution in [2.75, 3.05) is 6.54 Å². The molecule has 1 unspecified atom stereocenters. The number of nitrogens with zero attached hydrogens (tertiary/aromatic N) is 4. The zero-order chi connectivity index (χ0) is 6.53. The van der Waals surface area contributed by atoms with Gasteiger partial charge >= 0.3 is 0 Å². The highest BCUT2D eigenvalue weighted by Gasteiger charge is 2.07. The predicted molar refractivity (Wildman–Crippen MR) is 35.5 cm³/mol. The van der Waals surface area contributed by atoms with Crippen molar-refractivity contribution in [1.82, 2.24) is 0 Å². The summed E-state index contributed by atoms with van der Waals surface area (Å²) in [6.07, 6.45) is 3.96. The molecule has 4 heteroatoms. The Balaban J connectivity index is 2.27. The molecule has 1 aliphatic heterocycles. The summed E-state index contributed by atoms with van der Waals surface area (Å²) in [6, 6.07) is 0.265. The normalized spacial score (nSPS) is 23.8. The van der Waals surface area contributed by atoms with Gasteiger partial charge in [-0.05, 0) is 24.6 Å². The van der Waals surface area contributed by atoms with Gasteiger partial charge in [0.2, 0.25) is 0 Å². The molecular formula is C5H8N4. The molecule has 0 aliphatic carbocycles. The summed E-state index contributed by atoms with van der Waals surface area (Å²) >= 11 is 0. The molecule has 0 aromatic rings. The van der Waals surface area contributed by atoms with E-state index < -0.39 is 0 Å². The first-order chi connectivity index (χ1) is 4.43. The molecule has 48 valence electrons. The van der Waals surface area contributed by atoms with Crippen molar-refractivity contribution in [2.45, 2.75) is 18.9 Å². The van der Waals surface area contributed by atoms with Crippen LogP contribution in [0.3, 0.4) is 0 Å². The van der Waals surface area contributed by atoms with Crippen molar-refractivity contribution in [3.05, 3.63) is 10.4 Å². The topological polar surface area (TPSA) is 61.1 Å². The van der Waals surface area contributed by atoms with Gasteiger partial charge in [-0.15, -0.1) is 0 Å². The van der Waals surface area contributed by atoms with E-state index in [4.69, 9.17) is 5.53 Å². The van der Waals surface area contributed by atoms with Gasteiger partial charge in [0.1, 0.15) is 0 Å². The van der Waals surface area contributed by atoms with Crippen molar-refractivity contribution in [1.29, 1.82) is 0 Å². The molecule has 9 heavy (non-hydrogen) atoms. The Kier molecular flexibility index (Phi) is 2.10. The van der Waals surface area contributed by atoms with Gasteiger partial charge in [0.15, 0.2) is 0 Å². The number of rotatable bonds is 2. The molecule has 4 nitrogen and oxygen atoms in total. The molecule has 0 aromatic carbocycles. The van der Waals surface area contributed by atoms with E-state index in [0.29, 0.717) is 6.54 Å². The highest BCUT2D eigenvalue weighted by Crippen LogP contribution is 2.07. The van der Waals surface area contributed by atoms with Crippen LogP contribution in [-0.2, 0) is 0 Å². The molecule has 0 aromatic heterocycles. The van der Waals surface area contributed by atoms with Gasteiger partial charge in [0.25, 0.3) is 0 Å². The van der Waals surface area contributed by atoms with Crippen LogP contribution in [0.4, 0.5) is 0 Å². The van der Waals surface area contributed by atoms with Crippen molar-refractivity contribution >= 4 is 6.21 Å². The maximum Gasteiger partial charge on any atom is 0.0555 e. The van der Waals surface area contributed by atoms with Crippen LogP contribution in [0.15, 0.2) is 10.1 Å². The molecule has 0 saturated carbocycles. The fourth-order valence-electron chi connectivity index (χ4n) is 0.834. The van der Waals surface area contributed by atoms with E-state index in [1.165, 1.54) is 0 Å². The lowest BCUT2D eigenvalue weighted by Gasteiger charge is -1.97. The highest BCUT2D eigenvalue weighted by molar-refractivity contribution is 5.59. The van der Waals surface area contributed by atoms with Crippen LogP contribution in [0.2, 0.25) is 0 Å². The second-order valence-corrected chi connectivity index (χ2v) is 1.98. The predicted octanol–water partition coefficient (Wildman–Crippen LogP) is 1.53. The Morgan fingerprint density at radius 2 is 2.78 bits per heavy atom. The number of aliphatic imine (C=N–C) groups is 1. The van der Waals surface area contributed by atoms with E-state index in [9.17, 15) is 0 Å². The number of hydrogen-bond donors (Lipinski definition) is 0. The van der Waals surface area contributed by atoms with E-state index >= 15 is 0 Å². The molecule has 0 saturated heterocycles. The summed E-state index contributed by atoms with van der Waals surface area (Å²) in [5.41, 5.74) is 7.93. The molecular weight excluding hydrogens is 116 g/mol. The lowest BCUT2D eigenvalue weighted by atomic mass is 10.2. The fraction of sp³-hybridized carbons (Fsp3) is 0.800. The van der Waals surface area contributed by atoms with Crippen molar-refractivity contribution < 1.29 is 0 Å². The molecule has 0 amide bonds. The Morgan fingerprint density at radius 3 is 3.33 bits per heavy atom. The SMILES string of the molecule is [N-]=[N+]=NCC1CCC=N1. The molecule has 0 radical (unpaired) electrons. The summed E-state index contributed by atoms with van der Waals surface area (Å²) in [7, 11) is 0. The van der Waals surface area contributed by atoms with Crippen LogP contribution in [0.25, 0.3) is 10.4 Å². The van der Waals surface area contributed by atoms with E-state index in [0.717, 1.165) is 12.8 Å². The first-order valence-electron chi connectivity index (χ1n) is 2.96. The third-order valence-electron chi connectivity index (χ3n) is 1.30. The minimum atomic E-state index is 0.265. The summed E-state index contributed by atoms with van der Waals surface area (Å²) in [4.78, 5) is 6.73. The summed E-state index contributed by atoms with van der Waals surface area (Å²) in [6.45, 7) is 0.521. The van der Waals surface area contributed by atoms with Crippen molar-refractivity contribution in [2.24, 2.45) is 10.1 Å². The summed E-state index contributed by atoms with van der Waals surface area (Å²) in [5, 5.41) is 3.42. The largest absolute Gasteiger partial charge is 0.294 e. The molecule has 0 spiro atoms. The maximum atomic E-state index is 7.93. The Bertz CT molecular complexity index is 156. The van der Waals surface area contributed by atoms with Gasteiger partial charge in [0, 0.05) is 11.5 Å². The van der Waals surface area contributed by atoms with Crippen LogP contribution in [0.5, 0.6) is 0 Å². The van der Waals surface area contributed by atoms with Crippen LogP contribution in [-0.4, -0.2) is 18.8 Å². The average molecular weight is 124 g/mol. The average Bonchev–Trinajstić information content (AvgIpc) is 2.34. The minimum absolute atomic E-state index is 0.265. The first kappa shape index (κ1) is 6.11. The summed E-state index contributed by atoms with van der Waals surface area (Å²) in [5.74, 6) is 0. The van der Waals surface area contributed by atoms with Crippen LogP contribution < -0.4 is 0 Å².